The second kappa shape index (κ2) is 6.22. The van der Waals surface area contributed by atoms with Gasteiger partial charge in [-0.05, 0) is 36.8 Å². The van der Waals surface area contributed by atoms with Crippen molar-refractivity contribution in [3.8, 4) is 6.07 Å². The lowest BCUT2D eigenvalue weighted by Gasteiger charge is -2.10. The van der Waals surface area contributed by atoms with E-state index in [2.05, 4.69) is 16.7 Å². The molecule has 1 aromatic carbocycles. The van der Waals surface area contributed by atoms with Crippen LogP contribution in [0.1, 0.15) is 22.2 Å². The van der Waals surface area contributed by atoms with Crippen LogP contribution in [0.15, 0.2) is 30.3 Å². The monoisotopic (exact) mass is 285 g/mol. The van der Waals surface area contributed by atoms with E-state index in [0.29, 0.717) is 11.4 Å². The molecule has 20 heavy (non-hydrogen) atoms. The molecule has 1 heterocycles. The third-order valence-electron chi connectivity index (χ3n) is 2.79. The summed E-state index contributed by atoms with van der Waals surface area (Å²) in [6.07, 6.45) is 0. The number of benzene rings is 1. The van der Waals surface area contributed by atoms with Crippen LogP contribution in [0.5, 0.6) is 0 Å². The number of anilines is 2. The minimum Gasteiger partial charge on any atom is -0.380 e. The number of nitrogens with zero attached hydrogens (tertiary/aromatic N) is 1. The van der Waals surface area contributed by atoms with Crippen LogP contribution in [0.4, 0.5) is 11.4 Å². The highest BCUT2D eigenvalue weighted by Gasteiger charge is 2.03. The number of nitriles is 1. The minimum absolute atomic E-state index is 0.0813. The van der Waals surface area contributed by atoms with Crippen molar-refractivity contribution in [2.75, 3.05) is 10.6 Å². The maximum absolute atomic E-state index is 11.1. The van der Waals surface area contributed by atoms with Crippen molar-refractivity contribution in [2.45, 2.75) is 20.4 Å². The fourth-order valence-corrected chi connectivity index (χ4v) is 2.52. The number of amides is 1. The van der Waals surface area contributed by atoms with Crippen molar-refractivity contribution >= 4 is 28.6 Å². The number of rotatable bonds is 4. The molecule has 102 valence electrons. The maximum atomic E-state index is 11.1. The smallest absolute Gasteiger partial charge is 0.221 e. The molecular formula is C15H15N3OS. The Morgan fingerprint density at radius 2 is 2.15 bits per heavy atom. The Morgan fingerprint density at radius 3 is 2.80 bits per heavy atom. The molecule has 0 saturated heterocycles. The van der Waals surface area contributed by atoms with E-state index in [9.17, 15) is 4.79 Å². The van der Waals surface area contributed by atoms with E-state index in [4.69, 9.17) is 5.26 Å². The Hall–Kier alpha value is -2.32. The summed E-state index contributed by atoms with van der Waals surface area (Å²) >= 11 is 1.48. The van der Waals surface area contributed by atoms with Crippen LogP contribution in [-0.4, -0.2) is 5.91 Å². The van der Waals surface area contributed by atoms with Gasteiger partial charge in [-0.3, -0.25) is 4.79 Å². The number of carbonyl (C=O) groups is 1. The Kier molecular flexibility index (Phi) is 4.38. The highest BCUT2D eigenvalue weighted by molar-refractivity contribution is 7.12. The van der Waals surface area contributed by atoms with Crippen LogP contribution in [0.3, 0.4) is 0 Å². The highest BCUT2D eigenvalue weighted by atomic mass is 32.1. The Labute approximate surface area is 122 Å². The van der Waals surface area contributed by atoms with Crippen LogP contribution in [0, 0.1) is 18.3 Å². The molecule has 2 N–H and O–H groups in total. The van der Waals surface area contributed by atoms with Gasteiger partial charge in [0.05, 0.1) is 0 Å². The summed E-state index contributed by atoms with van der Waals surface area (Å²) in [6, 6.07) is 11.7. The van der Waals surface area contributed by atoms with Crippen LogP contribution in [0.25, 0.3) is 0 Å². The first-order valence-electron chi connectivity index (χ1n) is 6.19. The number of hydrogen-bond donors (Lipinski definition) is 2. The summed E-state index contributed by atoms with van der Waals surface area (Å²) < 4.78 is 0. The topological polar surface area (TPSA) is 64.9 Å². The zero-order valence-electron chi connectivity index (χ0n) is 11.4. The molecule has 0 atom stereocenters. The fourth-order valence-electron chi connectivity index (χ4n) is 1.78. The zero-order chi connectivity index (χ0) is 14.5. The van der Waals surface area contributed by atoms with E-state index in [1.165, 1.54) is 18.3 Å². The van der Waals surface area contributed by atoms with Crippen molar-refractivity contribution < 1.29 is 4.79 Å². The molecule has 0 saturated carbocycles. The van der Waals surface area contributed by atoms with Gasteiger partial charge in [-0.15, -0.1) is 11.3 Å². The summed E-state index contributed by atoms with van der Waals surface area (Å²) in [7, 11) is 0. The summed E-state index contributed by atoms with van der Waals surface area (Å²) in [4.78, 5) is 12.9. The van der Waals surface area contributed by atoms with Crippen molar-refractivity contribution in [2.24, 2.45) is 0 Å². The molecule has 0 bridgehead atoms. The molecule has 0 spiro atoms. The Balaban J connectivity index is 2.06. The second-order valence-electron chi connectivity index (χ2n) is 4.44. The van der Waals surface area contributed by atoms with Crippen molar-refractivity contribution in [3.63, 3.8) is 0 Å². The molecule has 0 fully saturated rings. The molecule has 2 rings (SSSR count). The van der Waals surface area contributed by atoms with E-state index in [-0.39, 0.29) is 5.91 Å². The lowest BCUT2D eigenvalue weighted by atomic mass is 10.1. The first kappa shape index (κ1) is 14.1. The number of aryl methyl sites for hydroxylation is 1. The molecule has 0 unspecified atom stereocenters. The standard InChI is InChI=1S/C15H15N3OS/c1-10-3-4-12(7-15(10)18-11(2)19)17-9-14-6-5-13(8-16)20-14/h3-7,17H,9H2,1-2H3,(H,18,19). The summed E-state index contributed by atoms with van der Waals surface area (Å²) in [6.45, 7) is 4.11. The van der Waals surface area contributed by atoms with Gasteiger partial charge in [-0.2, -0.15) is 5.26 Å². The number of carbonyl (C=O) groups excluding carboxylic acids is 1. The lowest BCUT2D eigenvalue weighted by Crippen LogP contribution is -2.07. The van der Waals surface area contributed by atoms with Crippen LogP contribution >= 0.6 is 11.3 Å². The SMILES string of the molecule is CC(=O)Nc1cc(NCc2ccc(C#N)s2)ccc1C. The molecule has 4 nitrogen and oxygen atoms in total. The number of hydrogen-bond acceptors (Lipinski definition) is 4. The normalized spacial score (nSPS) is 9.85. The molecule has 0 aliphatic carbocycles. The van der Waals surface area contributed by atoms with Gasteiger partial charge in [-0.1, -0.05) is 6.07 Å². The lowest BCUT2D eigenvalue weighted by molar-refractivity contribution is -0.114. The van der Waals surface area contributed by atoms with Crippen molar-refractivity contribution in [1.82, 2.24) is 0 Å². The zero-order valence-corrected chi connectivity index (χ0v) is 12.2. The third-order valence-corrected chi connectivity index (χ3v) is 3.78. The van der Waals surface area contributed by atoms with E-state index < -0.39 is 0 Å². The Bertz CT molecular complexity index is 670. The molecule has 0 aliphatic heterocycles. The van der Waals surface area contributed by atoms with E-state index in [1.54, 1.807) is 0 Å². The largest absolute Gasteiger partial charge is 0.380 e. The predicted molar refractivity (Wildman–Crippen MR) is 81.8 cm³/mol. The van der Waals surface area contributed by atoms with Crippen LogP contribution in [0.2, 0.25) is 0 Å². The van der Waals surface area contributed by atoms with Gasteiger partial charge in [-0.25, -0.2) is 0 Å². The predicted octanol–water partition coefficient (Wildman–Crippen LogP) is 3.50. The molecule has 2 aromatic rings. The van der Waals surface area contributed by atoms with Crippen molar-refractivity contribution in [1.29, 1.82) is 5.26 Å². The maximum Gasteiger partial charge on any atom is 0.221 e. The molecular weight excluding hydrogens is 270 g/mol. The fraction of sp³-hybridized carbons (Fsp3) is 0.200. The minimum atomic E-state index is -0.0813. The van der Waals surface area contributed by atoms with E-state index in [1.807, 2.05) is 37.3 Å². The highest BCUT2D eigenvalue weighted by Crippen LogP contribution is 2.22. The summed E-state index contributed by atoms with van der Waals surface area (Å²) in [5.74, 6) is -0.0813. The summed E-state index contributed by atoms with van der Waals surface area (Å²) in [5, 5.41) is 14.9. The number of thiophene rings is 1. The third kappa shape index (κ3) is 3.59. The first-order chi connectivity index (χ1) is 9.58. The Morgan fingerprint density at radius 1 is 1.35 bits per heavy atom. The molecule has 0 radical (unpaired) electrons. The van der Waals surface area contributed by atoms with Gasteiger partial charge in [0.25, 0.3) is 0 Å². The van der Waals surface area contributed by atoms with E-state index >= 15 is 0 Å². The average molecular weight is 285 g/mol. The average Bonchev–Trinajstić information content (AvgIpc) is 2.87. The van der Waals surface area contributed by atoms with E-state index in [0.717, 1.165) is 21.8 Å². The van der Waals surface area contributed by atoms with Crippen LogP contribution in [-0.2, 0) is 11.3 Å². The molecule has 0 aliphatic rings. The quantitative estimate of drug-likeness (QED) is 0.903. The van der Waals surface area contributed by atoms with Crippen LogP contribution < -0.4 is 10.6 Å². The van der Waals surface area contributed by atoms with Gasteiger partial charge in [0.2, 0.25) is 5.91 Å². The molecule has 1 amide bonds. The molecule has 5 heteroatoms. The second-order valence-corrected chi connectivity index (χ2v) is 5.61. The molecule has 1 aromatic heterocycles. The van der Waals surface area contributed by atoms with Gasteiger partial charge in [0.15, 0.2) is 0 Å². The summed E-state index contributed by atoms with van der Waals surface area (Å²) in [5.41, 5.74) is 2.77. The van der Waals surface area contributed by atoms with Crippen molar-refractivity contribution in [3.05, 3.63) is 45.6 Å². The van der Waals surface area contributed by atoms with Gasteiger partial charge in [0.1, 0.15) is 10.9 Å². The van der Waals surface area contributed by atoms with Gasteiger partial charge in [0, 0.05) is 29.7 Å². The van der Waals surface area contributed by atoms with Gasteiger partial charge >= 0.3 is 0 Å². The number of nitrogens with one attached hydrogen (secondary N) is 2. The van der Waals surface area contributed by atoms with Gasteiger partial charge < -0.3 is 10.6 Å². The first-order valence-corrected chi connectivity index (χ1v) is 7.01.